The highest BCUT2D eigenvalue weighted by Gasteiger charge is 2.38. The normalized spacial score (nSPS) is 12.9. The van der Waals surface area contributed by atoms with Crippen LogP contribution in [-0.2, 0) is 10.8 Å². The maximum absolute atomic E-state index is 2.47. The lowest BCUT2D eigenvalue weighted by atomic mass is 9.82. The highest BCUT2D eigenvalue weighted by atomic mass is 15.2. The van der Waals surface area contributed by atoms with E-state index in [0.29, 0.717) is 0 Å². The van der Waals surface area contributed by atoms with Gasteiger partial charge in [-0.25, -0.2) is 0 Å². The minimum atomic E-state index is -0.0923. The highest BCUT2D eigenvalue weighted by Crippen LogP contribution is 2.54. The monoisotopic (exact) mass is 1460 g/mol. The summed E-state index contributed by atoms with van der Waals surface area (Å²) in [6.45, 7) is 9.45. The third kappa shape index (κ3) is 11.5. The van der Waals surface area contributed by atoms with Gasteiger partial charge in [0.2, 0.25) is 0 Å². The van der Waals surface area contributed by atoms with Gasteiger partial charge in [0.25, 0.3) is 0 Å². The first-order chi connectivity index (χ1) is 56.0. The van der Waals surface area contributed by atoms with Gasteiger partial charge in [-0.1, -0.05) is 301 Å². The molecule has 0 saturated heterocycles. The lowest BCUT2D eigenvalue weighted by Gasteiger charge is -2.27. The molecule has 0 bridgehead atoms. The quantitative estimate of drug-likeness (QED) is 0.121. The van der Waals surface area contributed by atoms with Crippen LogP contribution in [0, 0.1) is 0 Å². The summed E-state index contributed by atoms with van der Waals surface area (Å²) in [4.78, 5) is 4.71. The summed E-state index contributed by atoms with van der Waals surface area (Å²) in [7, 11) is 0. The van der Waals surface area contributed by atoms with Gasteiger partial charge in [-0.05, 0) is 250 Å². The first-order valence-electron chi connectivity index (χ1n) is 39.7. The molecule has 114 heavy (non-hydrogen) atoms. The molecule has 22 rings (SSSR count). The molecule has 4 nitrogen and oxygen atoms in total. The molecule has 2 aromatic heterocycles. The Labute approximate surface area is 665 Å². The molecule has 0 atom stereocenters. The average molecular weight is 1460 g/mol. The molecule has 0 N–H and O–H groups in total. The standard InChI is InChI=1S/2C55H40N2/c1-55(2)51-21-10-8-19-47(51)49-35-50-48-20-9-11-22-53(48)57(54(50)36-52(49)55)46-18-12-17-45(34-46)56(43-29-25-39(26-30-43)37-13-4-3-5-14-37)44-31-27-40(28-32-44)42-24-23-38-15-6-7-16-41(38)33-42;1-55(2)51-18-10-8-16-47(51)49-35-50-48-17-9-11-19-53(48)57(54(50)36-52(49)55)46-32-24-39(25-33-46)38-22-28-44(29-23-38)56(43-14-4-3-5-15-43)45-30-26-40(27-31-45)42-21-20-37-12-6-7-13-41(37)34-42/h2*3-36H,1-2H3. The van der Waals surface area contributed by atoms with Gasteiger partial charge in [-0.3, -0.25) is 0 Å². The van der Waals surface area contributed by atoms with Gasteiger partial charge in [0.05, 0.1) is 22.1 Å². The lowest BCUT2D eigenvalue weighted by molar-refractivity contribution is 0.661. The number of hydrogen-bond acceptors (Lipinski definition) is 2. The molecular formula is C110H80N4. The molecule has 18 aromatic carbocycles. The van der Waals surface area contributed by atoms with Gasteiger partial charge in [0.15, 0.2) is 0 Å². The van der Waals surface area contributed by atoms with Crippen molar-refractivity contribution >= 4 is 99.3 Å². The SMILES string of the molecule is CC1(C)c2ccccc2-c2cc3c4ccccc4n(-c4ccc(-c5ccc(N(c6ccccc6)c6ccc(-c7ccc8ccccc8c7)cc6)cc5)cc4)c3cc21.CC1(C)c2ccccc2-c2cc3c4ccccc4n(-c4cccc(N(c5ccc(-c6ccccc6)cc5)c5ccc(-c6ccc7ccccc7c6)cc5)c4)c3cc21. The number of anilines is 6. The fourth-order valence-electron chi connectivity index (χ4n) is 18.5. The van der Waals surface area contributed by atoms with Gasteiger partial charge >= 0.3 is 0 Å². The van der Waals surface area contributed by atoms with Crippen LogP contribution in [0.15, 0.2) is 413 Å². The van der Waals surface area contributed by atoms with Gasteiger partial charge < -0.3 is 18.9 Å². The Bertz CT molecular complexity index is 7110. The minimum Gasteiger partial charge on any atom is -0.311 e. The Balaban J connectivity index is 0.000000143. The van der Waals surface area contributed by atoms with E-state index >= 15 is 0 Å². The number of rotatable bonds is 12. The van der Waals surface area contributed by atoms with Gasteiger partial charge in [-0.2, -0.15) is 0 Å². The molecule has 0 fully saturated rings. The smallest absolute Gasteiger partial charge is 0.0544 e. The van der Waals surface area contributed by atoms with Crippen molar-refractivity contribution in [1.29, 1.82) is 0 Å². The first kappa shape index (κ1) is 67.8. The number of hydrogen-bond donors (Lipinski definition) is 0. The zero-order valence-electron chi connectivity index (χ0n) is 64.0. The highest BCUT2D eigenvalue weighted by molar-refractivity contribution is 6.13. The second-order valence-electron chi connectivity index (χ2n) is 31.6. The van der Waals surface area contributed by atoms with Gasteiger partial charge in [-0.15, -0.1) is 0 Å². The Morgan fingerprint density at radius 3 is 0.982 bits per heavy atom. The number of fused-ring (bicyclic) bond motifs is 14. The predicted molar refractivity (Wildman–Crippen MR) is 483 cm³/mol. The second kappa shape index (κ2) is 27.3. The first-order valence-corrected chi connectivity index (χ1v) is 39.7. The van der Waals surface area contributed by atoms with Crippen molar-refractivity contribution in [3.63, 3.8) is 0 Å². The van der Waals surface area contributed by atoms with Crippen LogP contribution in [0.4, 0.5) is 34.1 Å². The van der Waals surface area contributed by atoms with Crippen LogP contribution in [0.25, 0.3) is 143 Å². The molecule has 0 spiro atoms. The Morgan fingerprint density at radius 1 is 0.184 bits per heavy atom. The topological polar surface area (TPSA) is 16.3 Å². The summed E-state index contributed by atoms with van der Waals surface area (Å²) in [5.74, 6) is 0. The molecule has 0 radical (unpaired) electrons. The summed E-state index contributed by atoms with van der Waals surface area (Å²) in [6, 6.07) is 151. The third-order valence-electron chi connectivity index (χ3n) is 24.3. The van der Waals surface area contributed by atoms with Crippen molar-refractivity contribution in [3.8, 4) is 78.1 Å². The van der Waals surface area contributed by atoms with Gasteiger partial charge in [0, 0.05) is 77.9 Å². The summed E-state index contributed by atoms with van der Waals surface area (Å²) >= 11 is 0. The average Bonchev–Trinajstić information content (AvgIpc) is 1.56. The summed E-state index contributed by atoms with van der Waals surface area (Å²) in [5.41, 5.74) is 34.3. The third-order valence-corrected chi connectivity index (χ3v) is 24.3. The lowest BCUT2D eigenvalue weighted by Crippen LogP contribution is -2.15. The van der Waals surface area contributed by atoms with Crippen molar-refractivity contribution in [2.75, 3.05) is 9.80 Å². The van der Waals surface area contributed by atoms with E-state index in [1.807, 2.05) is 0 Å². The summed E-state index contributed by atoms with van der Waals surface area (Å²) in [6.07, 6.45) is 0. The van der Waals surface area contributed by atoms with Crippen LogP contribution in [-0.4, -0.2) is 9.13 Å². The fraction of sp³-hybridized carbons (Fsp3) is 0.0545. The van der Waals surface area contributed by atoms with Gasteiger partial charge in [0.1, 0.15) is 0 Å². The van der Waals surface area contributed by atoms with Crippen LogP contribution < -0.4 is 9.80 Å². The Kier molecular flexibility index (Phi) is 16.2. The predicted octanol–water partition coefficient (Wildman–Crippen LogP) is 30.1. The van der Waals surface area contributed by atoms with E-state index in [9.17, 15) is 0 Å². The van der Waals surface area contributed by atoms with E-state index in [1.54, 1.807) is 0 Å². The molecule has 0 saturated carbocycles. The van der Waals surface area contributed by atoms with Crippen molar-refractivity contribution in [2.24, 2.45) is 0 Å². The van der Waals surface area contributed by atoms with E-state index in [1.165, 1.54) is 154 Å². The van der Waals surface area contributed by atoms with E-state index in [2.05, 4.69) is 459 Å². The van der Waals surface area contributed by atoms with E-state index < -0.39 is 0 Å². The second-order valence-corrected chi connectivity index (χ2v) is 31.6. The zero-order valence-corrected chi connectivity index (χ0v) is 64.0. The molecule has 540 valence electrons. The number of para-hydroxylation sites is 3. The largest absolute Gasteiger partial charge is 0.311 e. The molecule has 20 aromatic rings. The van der Waals surface area contributed by atoms with Crippen LogP contribution in [0.5, 0.6) is 0 Å². The molecular weight excluding hydrogens is 1380 g/mol. The molecule has 0 amide bonds. The number of nitrogens with zero attached hydrogens (tertiary/aromatic N) is 4. The minimum absolute atomic E-state index is 0.0607. The van der Waals surface area contributed by atoms with E-state index in [-0.39, 0.29) is 10.8 Å². The fourth-order valence-corrected chi connectivity index (χ4v) is 18.5. The summed E-state index contributed by atoms with van der Waals surface area (Å²) in [5, 5.41) is 10.1. The van der Waals surface area contributed by atoms with Crippen LogP contribution >= 0.6 is 0 Å². The van der Waals surface area contributed by atoms with Crippen molar-refractivity contribution in [2.45, 2.75) is 38.5 Å². The van der Waals surface area contributed by atoms with Crippen LogP contribution in [0.2, 0.25) is 0 Å². The number of benzene rings is 18. The van der Waals surface area contributed by atoms with Crippen molar-refractivity contribution < 1.29 is 0 Å². The van der Waals surface area contributed by atoms with Crippen molar-refractivity contribution in [3.05, 3.63) is 435 Å². The van der Waals surface area contributed by atoms with Crippen LogP contribution in [0.1, 0.15) is 49.9 Å². The maximum atomic E-state index is 2.47. The zero-order chi connectivity index (χ0) is 76.2. The van der Waals surface area contributed by atoms with Crippen LogP contribution in [0.3, 0.4) is 0 Å². The molecule has 0 aliphatic heterocycles. The maximum Gasteiger partial charge on any atom is 0.0544 e. The Morgan fingerprint density at radius 2 is 0.518 bits per heavy atom. The summed E-state index contributed by atoms with van der Waals surface area (Å²) < 4.78 is 4.91. The molecule has 4 heteroatoms. The number of aromatic nitrogens is 2. The Hall–Kier alpha value is -14.3. The van der Waals surface area contributed by atoms with E-state index in [0.717, 1.165) is 45.5 Å². The van der Waals surface area contributed by atoms with Crippen molar-refractivity contribution in [1.82, 2.24) is 9.13 Å². The molecule has 2 heterocycles. The molecule has 0 unspecified atom stereocenters. The molecule has 2 aliphatic rings. The van der Waals surface area contributed by atoms with E-state index in [4.69, 9.17) is 0 Å². The molecule has 2 aliphatic carbocycles.